The fraction of sp³-hybridized carbons (Fsp3) is 0.625. The average molecular weight is 261 g/mol. The molecule has 1 aromatic carbocycles. The second-order valence-electron chi connectivity index (χ2n) is 5.43. The monoisotopic (exact) mass is 261 g/mol. The van der Waals surface area contributed by atoms with Crippen LogP contribution in [0.3, 0.4) is 0 Å². The van der Waals surface area contributed by atoms with E-state index in [1.165, 1.54) is 37.3 Å². The molecule has 2 rings (SSSR count). The third-order valence-corrected chi connectivity index (χ3v) is 4.04. The van der Waals surface area contributed by atoms with Crippen molar-refractivity contribution in [1.29, 1.82) is 0 Å². The fourth-order valence-corrected chi connectivity index (χ4v) is 2.71. The summed E-state index contributed by atoms with van der Waals surface area (Å²) in [5.74, 6) is 0. The fourth-order valence-electron chi connectivity index (χ4n) is 2.71. The Labute approximate surface area is 117 Å². The van der Waals surface area contributed by atoms with Gasteiger partial charge < -0.3 is 10.6 Å². The Kier molecular flexibility index (Phi) is 5.23. The molecule has 1 aliphatic rings. The molecule has 1 aliphatic heterocycles. The Morgan fingerprint density at radius 1 is 1.05 bits per heavy atom. The number of piperazine rings is 1. The van der Waals surface area contributed by atoms with Gasteiger partial charge in [0.2, 0.25) is 0 Å². The Bertz CT molecular complexity index is 366. The largest absolute Gasteiger partial charge is 0.369 e. The molecule has 0 aliphatic carbocycles. The summed E-state index contributed by atoms with van der Waals surface area (Å²) in [5, 5.41) is 0. The molecule has 1 fully saturated rings. The van der Waals surface area contributed by atoms with Crippen LogP contribution in [0.25, 0.3) is 0 Å². The van der Waals surface area contributed by atoms with Crippen molar-refractivity contribution in [2.24, 2.45) is 5.73 Å². The molecule has 3 heteroatoms. The summed E-state index contributed by atoms with van der Waals surface area (Å²) in [5.41, 5.74) is 8.64. The van der Waals surface area contributed by atoms with Gasteiger partial charge in [-0.05, 0) is 37.1 Å². The maximum absolute atomic E-state index is 6.05. The Hall–Kier alpha value is -1.06. The molecular weight excluding hydrogens is 234 g/mol. The van der Waals surface area contributed by atoms with Crippen LogP contribution in [0.15, 0.2) is 24.3 Å². The summed E-state index contributed by atoms with van der Waals surface area (Å²) >= 11 is 0. The van der Waals surface area contributed by atoms with Crippen LogP contribution in [0, 0.1) is 0 Å². The van der Waals surface area contributed by atoms with Crippen LogP contribution < -0.4 is 10.6 Å². The third kappa shape index (κ3) is 3.71. The van der Waals surface area contributed by atoms with Gasteiger partial charge in [0.25, 0.3) is 0 Å². The maximum Gasteiger partial charge on any atom is 0.0367 e. The van der Waals surface area contributed by atoms with Crippen molar-refractivity contribution in [2.75, 3.05) is 37.6 Å². The van der Waals surface area contributed by atoms with Crippen LogP contribution in [0.1, 0.15) is 38.3 Å². The van der Waals surface area contributed by atoms with Gasteiger partial charge in [-0.25, -0.2) is 0 Å². The van der Waals surface area contributed by atoms with E-state index in [-0.39, 0.29) is 6.04 Å². The van der Waals surface area contributed by atoms with Gasteiger partial charge in [0, 0.05) is 37.9 Å². The predicted molar refractivity (Wildman–Crippen MR) is 82.6 cm³/mol. The minimum Gasteiger partial charge on any atom is -0.369 e. The van der Waals surface area contributed by atoms with Crippen molar-refractivity contribution in [3.8, 4) is 0 Å². The minimum absolute atomic E-state index is 0.176. The summed E-state index contributed by atoms with van der Waals surface area (Å²) in [4.78, 5) is 5.03. The Morgan fingerprint density at radius 2 is 1.68 bits per heavy atom. The highest BCUT2D eigenvalue weighted by Gasteiger charge is 2.16. The first-order chi connectivity index (χ1) is 9.24. The summed E-state index contributed by atoms with van der Waals surface area (Å²) in [6.45, 7) is 10.3. The van der Waals surface area contributed by atoms with E-state index in [0.717, 1.165) is 19.5 Å². The van der Waals surface area contributed by atoms with E-state index in [2.05, 4.69) is 47.9 Å². The molecule has 1 atom stereocenters. The first kappa shape index (κ1) is 14.4. The van der Waals surface area contributed by atoms with Gasteiger partial charge in [-0.15, -0.1) is 0 Å². The molecule has 106 valence electrons. The summed E-state index contributed by atoms with van der Waals surface area (Å²) in [7, 11) is 0. The molecule has 0 aromatic heterocycles. The molecule has 2 N–H and O–H groups in total. The molecule has 1 saturated heterocycles. The van der Waals surface area contributed by atoms with Crippen molar-refractivity contribution in [3.05, 3.63) is 29.8 Å². The van der Waals surface area contributed by atoms with Crippen LogP contribution in [0.5, 0.6) is 0 Å². The van der Waals surface area contributed by atoms with E-state index in [4.69, 9.17) is 5.73 Å². The molecular formula is C16H27N3. The normalized spacial score (nSPS) is 18.6. The molecule has 1 heterocycles. The van der Waals surface area contributed by atoms with Crippen LogP contribution in [-0.2, 0) is 0 Å². The van der Waals surface area contributed by atoms with Gasteiger partial charge >= 0.3 is 0 Å². The van der Waals surface area contributed by atoms with Gasteiger partial charge in [-0.1, -0.05) is 26.0 Å². The molecule has 19 heavy (non-hydrogen) atoms. The van der Waals surface area contributed by atoms with E-state index in [1.54, 1.807) is 0 Å². The highest BCUT2D eigenvalue weighted by atomic mass is 15.3. The summed E-state index contributed by atoms with van der Waals surface area (Å²) < 4.78 is 0. The molecule has 0 radical (unpaired) electrons. The molecule has 0 unspecified atom stereocenters. The lowest BCUT2D eigenvalue weighted by Gasteiger charge is -2.36. The zero-order valence-corrected chi connectivity index (χ0v) is 12.3. The molecule has 0 spiro atoms. The number of anilines is 1. The van der Waals surface area contributed by atoms with E-state index >= 15 is 0 Å². The van der Waals surface area contributed by atoms with Gasteiger partial charge in [0.05, 0.1) is 0 Å². The van der Waals surface area contributed by atoms with E-state index in [1.807, 2.05) is 0 Å². The van der Waals surface area contributed by atoms with Crippen molar-refractivity contribution >= 4 is 5.69 Å². The predicted octanol–water partition coefficient (Wildman–Crippen LogP) is 2.63. The van der Waals surface area contributed by atoms with Crippen molar-refractivity contribution in [1.82, 2.24) is 4.90 Å². The second kappa shape index (κ2) is 6.92. The van der Waals surface area contributed by atoms with Crippen LogP contribution in [-0.4, -0.2) is 37.6 Å². The van der Waals surface area contributed by atoms with Gasteiger partial charge in [-0.3, -0.25) is 4.90 Å². The third-order valence-electron chi connectivity index (χ3n) is 4.04. The Balaban J connectivity index is 1.92. The number of rotatable bonds is 5. The zero-order chi connectivity index (χ0) is 13.7. The second-order valence-corrected chi connectivity index (χ2v) is 5.43. The lowest BCUT2D eigenvalue weighted by atomic mass is 10.0. The van der Waals surface area contributed by atoms with Gasteiger partial charge in [-0.2, -0.15) is 0 Å². The van der Waals surface area contributed by atoms with Crippen LogP contribution in [0.4, 0.5) is 5.69 Å². The summed E-state index contributed by atoms with van der Waals surface area (Å²) in [6.07, 6.45) is 2.25. The smallest absolute Gasteiger partial charge is 0.0367 e. The minimum atomic E-state index is 0.176. The first-order valence-electron chi connectivity index (χ1n) is 7.57. The zero-order valence-electron chi connectivity index (χ0n) is 12.3. The molecule has 0 bridgehead atoms. The maximum atomic E-state index is 6.05. The molecule has 0 amide bonds. The number of nitrogens with two attached hydrogens (primary N) is 1. The van der Waals surface area contributed by atoms with E-state index < -0.39 is 0 Å². The summed E-state index contributed by atoms with van der Waals surface area (Å²) in [6, 6.07) is 8.99. The number of benzene rings is 1. The van der Waals surface area contributed by atoms with E-state index in [0.29, 0.717) is 0 Å². The van der Waals surface area contributed by atoms with Crippen molar-refractivity contribution < 1.29 is 0 Å². The topological polar surface area (TPSA) is 32.5 Å². The Morgan fingerprint density at radius 3 is 2.21 bits per heavy atom. The van der Waals surface area contributed by atoms with E-state index in [9.17, 15) is 0 Å². The lowest BCUT2D eigenvalue weighted by molar-refractivity contribution is 0.258. The van der Waals surface area contributed by atoms with Crippen LogP contribution in [0.2, 0.25) is 0 Å². The van der Waals surface area contributed by atoms with Gasteiger partial charge in [0.15, 0.2) is 0 Å². The number of hydrogen-bond acceptors (Lipinski definition) is 3. The molecule has 0 saturated carbocycles. The molecule has 3 nitrogen and oxygen atoms in total. The standard InChI is InChI=1S/C16H27N3/c1-3-9-18-10-12-19(13-11-18)15-7-5-14(6-8-15)16(17)4-2/h5-8,16H,3-4,9-13,17H2,1-2H3/t16-/m0/s1. The SMILES string of the molecule is CCCN1CCN(c2ccc([C@@H](N)CC)cc2)CC1. The number of nitrogens with zero attached hydrogens (tertiary/aromatic N) is 2. The first-order valence-corrected chi connectivity index (χ1v) is 7.57. The quantitative estimate of drug-likeness (QED) is 0.884. The van der Waals surface area contributed by atoms with Crippen molar-refractivity contribution in [3.63, 3.8) is 0 Å². The highest BCUT2D eigenvalue weighted by molar-refractivity contribution is 5.48. The average Bonchev–Trinajstić information content (AvgIpc) is 2.48. The molecule has 1 aromatic rings. The number of hydrogen-bond donors (Lipinski definition) is 1. The highest BCUT2D eigenvalue weighted by Crippen LogP contribution is 2.20. The lowest BCUT2D eigenvalue weighted by Crippen LogP contribution is -2.46. The van der Waals surface area contributed by atoms with Crippen LogP contribution >= 0.6 is 0 Å². The van der Waals surface area contributed by atoms with Gasteiger partial charge in [0.1, 0.15) is 0 Å². The van der Waals surface area contributed by atoms with Crippen molar-refractivity contribution in [2.45, 2.75) is 32.7 Å².